The Morgan fingerprint density at radius 3 is 1.82 bits per heavy atom. The van der Waals surface area contributed by atoms with Gasteiger partial charge in [-0.2, -0.15) is 0 Å². The quantitative estimate of drug-likeness (QED) is 0.564. The molecule has 0 aromatic rings. The van der Waals surface area contributed by atoms with Crippen molar-refractivity contribution in [3.05, 3.63) is 0 Å². The van der Waals surface area contributed by atoms with E-state index in [0.29, 0.717) is 0 Å². The summed E-state index contributed by atoms with van der Waals surface area (Å²) in [6.07, 6.45) is -0.779. The Kier molecular flexibility index (Phi) is 8.02. The Labute approximate surface area is 166 Å². The molecule has 0 bridgehead atoms. The van der Waals surface area contributed by atoms with Gasteiger partial charge in [0.1, 0.15) is 5.60 Å². The van der Waals surface area contributed by atoms with Gasteiger partial charge in [0.05, 0.1) is 5.60 Å². The molecule has 7 atom stereocenters. The number of hydrogen-bond donors (Lipinski definition) is 1. The number of ether oxygens (including phenoxy) is 4. The Bertz CT molecular complexity index is 591. The molecule has 0 aliphatic carbocycles. The van der Waals surface area contributed by atoms with Crippen LogP contribution in [-0.2, 0) is 33.3 Å². The molecule has 2 rings (SSSR count). The van der Waals surface area contributed by atoms with Crippen molar-refractivity contribution in [3.8, 4) is 0 Å². The van der Waals surface area contributed by atoms with E-state index in [1.54, 1.807) is 0 Å². The number of aliphatic hydroxyl groups is 1. The molecule has 8 nitrogen and oxygen atoms in total. The molecule has 162 valence electrons. The fourth-order valence-corrected chi connectivity index (χ4v) is 3.35. The summed E-state index contributed by atoms with van der Waals surface area (Å²) in [5.41, 5.74) is -0.906. The molecular weight excluding hydrogens is 368 g/mol. The Balaban J connectivity index is 0.000000307. The van der Waals surface area contributed by atoms with Gasteiger partial charge in [0.15, 0.2) is 12.2 Å². The fourth-order valence-electron chi connectivity index (χ4n) is 3.35. The van der Waals surface area contributed by atoms with E-state index in [1.165, 1.54) is 13.8 Å². The van der Waals surface area contributed by atoms with Crippen molar-refractivity contribution in [1.82, 2.24) is 0 Å². The zero-order valence-electron chi connectivity index (χ0n) is 18.1. The summed E-state index contributed by atoms with van der Waals surface area (Å²) in [5.74, 6) is -1.45. The first kappa shape index (κ1) is 24.4. The van der Waals surface area contributed by atoms with Crippen molar-refractivity contribution in [3.63, 3.8) is 0 Å². The van der Waals surface area contributed by atoms with Gasteiger partial charge >= 0.3 is 17.9 Å². The van der Waals surface area contributed by atoms with E-state index in [2.05, 4.69) is 0 Å². The van der Waals surface area contributed by atoms with E-state index >= 15 is 0 Å². The minimum atomic E-state index is -0.931. The number of rotatable bonds is 4. The second-order valence-corrected chi connectivity index (χ2v) is 7.95. The SMILES string of the molecule is CC[C@@]1(C)OC(=O)[C@H](O)[C@@H]1C.CC[C@@]1(C)OC(OC(C)=O)[C@H](OC(C)=O)[C@@H]1C. The monoisotopic (exact) mass is 402 g/mol. The molecule has 0 aromatic heterocycles. The zero-order valence-corrected chi connectivity index (χ0v) is 18.1. The number of aliphatic hydroxyl groups excluding tert-OH is 1. The first-order valence-electron chi connectivity index (χ1n) is 9.74. The lowest BCUT2D eigenvalue weighted by atomic mass is 9.87. The van der Waals surface area contributed by atoms with E-state index in [1.807, 2.05) is 41.5 Å². The lowest BCUT2D eigenvalue weighted by Gasteiger charge is -2.26. The highest BCUT2D eigenvalue weighted by Gasteiger charge is 2.52. The number of hydrogen-bond acceptors (Lipinski definition) is 8. The summed E-state index contributed by atoms with van der Waals surface area (Å²) < 4.78 is 21.0. The maximum absolute atomic E-state index is 11.1. The van der Waals surface area contributed by atoms with Gasteiger partial charge in [-0.25, -0.2) is 4.79 Å². The molecule has 2 fully saturated rings. The van der Waals surface area contributed by atoms with Crippen LogP contribution in [0.1, 0.15) is 68.2 Å². The second-order valence-electron chi connectivity index (χ2n) is 7.95. The van der Waals surface area contributed by atoms with Crippen molar-refractivity contribution in [1.29, 1.82) is 0 Å². The van der Waals surface area contributed by atoms with Crippen LogP contribution in [0.2, 0.25) is 0 Å². The van der Waals surface area contributed by atoms with Crippen molar-refractivity contribution in [2.45, 2.75) is 97.9 Å². The maximum atomic E-state index is 11.1. The predicted molar refractivity (Wildman–Crippen MR) is 100 cm³/mol. The summed E-state index contributed by atoms with van der Waals surface area (Å²) in [7, 11) is 0. The zero-order chi connectivity index (χ0) is 21.9. The first-order chi connectivity index (χ1) is 12.8. The third-order valence-corrected chi connectivity index (χ3v) is 6.11. The van der Waals surface area contributed by atoms with Crippen LogP contribution in [0.5, 0.6) is 0 Å². The van der Waals surface area contributed by atoms with Crippen LogP contribution in [0.15, 0.2) is 0 Å². The van der Waals surface area contributed by atoms with Crippen molar-refractivity contribution >= 4 is 17.9 Å². The Hall–Kier alpha value is -1.67. The van der Waals surface area contributed by atoms with Gasteiger partial charge in [-0.1, -0.05) is 27.7 Å². The molecule has 1 N–H and O–H groups in total. The van der Waals surface area contributed by atoms with Gasteiger partial charge in [0.2, 0.25) is 6.29 Å². The van der Waals surface area contributed by atoms with Gasteiger partial charge in [-0.15, -0.1) is 0 Å². The number of carbonyl (C=O) groups is 3. The van der Waals surface area contributed by atoms with Crippen LogP contribution in [-0.4, -0.2) is 52.7 Å². The van der Waals surface area contributed by atoms with E-state index in [-0.39, 0.29) is 11.8 Å². The van der Waals surface area contributed by atoms with Crippen LogP contribution >= 0.6 is 0 Å². The molecule has 28 heavy (non-hydrogen) atoms. The van der Waals surface area contributed by atoms with Crippen LogP contribution < -0.4 is 0 Å². The van der Waals surface area contributed by atoms with Crippen molar-refractivity contribution < 1.29 is 38.4 Å². The molecule has 0 spiro atoms. The fraction of sp³-hybridized carbons (Fsp3) is 0.850. The second kappa shape index (κ2) is 9.22. The third-order valence-electron chi connectivity index (χ3n) is 6.11. The maximum Gasteiger partial charge on any atom is 0.335 e. The number of esters is 3. The van der Waals surface area contributed by atoms with Crippen LogP contribution in [0, 0.1) is 11.8 Å². The van der Waals surface area contributed by atoms with Crippen LogP contribution in [0.25, 0.3) is 0 Å². The lowest BCUT2D eigenvalue weighted by molar-refractivity contribution is -0.202. The number of cyclic esters (lactones) is 1. The topological polar surface area (TPSA) is 108 Å². The smallest absolute Gasteiger partial charge is 0.335 e. The molecule has 0 radical (unpaired) electrons. The molecule has 2 aliphatic heterocycles. The summed E-state index contributed by atoms with van der Waals surface area (Å²) in [4.78, 5) is 32.9. The summed E-state index contributed by atoms with van der Waals surface area (Å²) in [6.45, 7) is 14.1. The van der Waals surface area contributed by atoms with Crippen molar-refractivity contribution in [2.75, 3.05) is 0 Å². The summed E-state index contributed by atoms with van der Waals surface area (Å²) in [5, 5.41) is 9.26. The largest absolute Gasteiger partial charge is 0.457 e. The van der Waals surface area contributed by atoms with Gasteiger partial charge in [-0.3, -0.25) is 9.59 Å². The molecule has 1 unspecified atom stereocenters. The average molecular weight is 402 g/mol. The highest BCUT2D eigenvalue weighted by Crippen LogP contribution is 2.40. The van der Waals surface area contributed by atoms with E-state index < -0.39 is 47.6 Å². The molecular formula is C20H34O8. The molecule has 2 saturated heterocycles. The minimum Gasteiger partial charge on any atom is -0.457 e. The Morgan fingerprint density at radius 2 is 1.50 bits per heavy atom. The summed E-state index contributed by atoms with van der Waals surface area (Å²) in [6, 6.07) is 0. The van der Waals surface area contributed by atoms with Gasteiger partial charge in [-0.05, 0) is 26.7 Å². The van der Waals surface area contributed by atoms with Gasteiger partial charge < -0.3 is 24.1 Å². The van der Waals surface area contributed by atoms with E-state index in [0.717, 1.165) is 12.8 Å². The average Bonchev–Trinajstić information content (AvgIpc) is 2.95. The molecule has 0 aromatic carbocycles. The molecule has 2 aliphatic rings. The minimum absolute atomic E-state index is 0.0271. The van der Waals surface area contributed by atoms with Gasteiger partial charge in [0.25, 0.3) is 0 Å². The molecule has 0 saturated carbocycles. The molecule has 0 amide bonds. The van der Waals surface area contributed by atoms with E-state index in [9.17, 15) is 19.5 Å². The van der Waals surface area contributed by atoms with Crippen LogP contribution in [0.4, 0.5) is 0 Å². The molecule has 8 heteroatoms. The molecule has 2 heterocycles. The Morgan fingerprint density at radius 1 is 1.00 bits per heavy atom. The predicted octanol–water partition coefficient (Wildman–Crippen LogP) is 2.35. The highest BCUT2D eigenvalue weighted by atomic mass is 16.7. The van der Waals surface area contributed by atoms with Gasteiger partial charge in [0, 0.05) is 25.7 Å². The van der Waals surface area contributed by atoms with Crippen molar-refractivity contribution in [2.24, 2.45) is 11.8 Å². The number of carbonyl (C=O) groups excluding carboxylic acids is 3. The van der Waals surface area contributed by atoms with Crippen LogP contribution in [0.3, 0.4) is 0 Å². The third kappa shape index (κ3) is 5.23. The first-order valence-corrected chi connectivity index (χ1v) is 9.74. The standard InChI is InChI=1S/C12H20O5.C8H14O3/c1-6-12(5)7(2)10(15-8(3)13)11(17-12)16-9(4)14;1-4-8(3)5(2)6(9)7(10)11-8/h7,10-11H,6H2,1-5H3;5-6,9H,4H2,1-3H3/t7-,10+,11?,12+;5-,6+,8+/m00/s1. The van der Waals surface area contributed by atoms with E-state index in [4.69, 9.17) is 18.9 Å². The highest BCUT2D eigenvalue weighted by molar-refractivity contribution is 5.77. The normalized spacial score (nSPS) is 39.6. The lowest BCUT2D eigenvalue weighted by Crippen LogP contribution is -2.35. The summed E-state index contributed by atoms with van der Waals surface area (Å²) >= 11 is 0.